The third kappa shape index (κ3) is 4.31. The van der Waals surface area contributed by atoms with E-state index in [1.54, 1.807) is 24.3 Å². The Balaban J connectivity index is 1.80. The number of fused-ring (bicyclic) bond motifs is 1. The summed E-state index contributed by atoms with van der Waals surface area (Å²) in [6.45, 7) is -0.243. The van der Waals surface area contributed by atoms with Gasteiger partial charge in [-0.15, -0.1) is 0 Å². The summed E-state index contributed by atoms with van der Waals surface area (Å²) >= 11 is 0. The van der Waals surface area contributed by atoms with Crippen molar-refractivity contribution in [2.45, 2.75) is 24.9 Å². The van der Waals surface area contributed by atoms with Gasteiger partial charge < -0.3 is 5.32 Å². The highest BCUT2D eigenvalue weighted by Crippen LogP contribution is 2.31. The molecule has 138 valence electrons. The lowest BCUT2D eigenvalue weighted by molar-refractivity contribution is -0.129. The van der Waals surface area contributed by atoms with Gasteiger partial charge in [0.2, 0.25) is 5.91 Å². The van der Waals surface area contributed by atoms with Crippen molar-refractivity contribution in [1.82, 2.24) is 16.1 Å². The maximum atomic E-state index is 13.0. The van der Waals surface area contributed by atoms with Gasteiger partial charge in [0.25, 0.3) is 5.91 Å². The number of nitrogens with zero attached hydrogens (tertiary/aromatic N) is 1. The Labute approximate surface area is 157 Å². The minimum Gasteiger partial charge on any atom is -0.348 e. The Kier molecular flexibility index (Phi) is 5.81. The van der Waals surface area contributed by atoms with Gasteiger partial charge in [-0.2, -0.15) is 5.26 Å². The van der Waals surface area contributed by atoms with Gasteiger partial charge in [-0.1, -0.05) is 36.4 Å². The van der Waals surface area contributed by atoms with Crippen LogP contribution in [0, 0.1) is 11.3 Å². The fourth-order valence-corrected chi connectivity index (χ4v) is 3.35. The number of nitrogens with one attached hydrogen (secondary N) is 3. The predicted octanol–water partition coefficient (Wildman–Crippen LogP) is 1.50. The number of aryl methyl sites for hydroxylation is 1. The highest BCUT2D eigenvalue weighted by atomic mass is 16.5. The normalized spacial score (nSPS) is 16.1. The van der Waals surface area contributed by atoms with E-state index in [0.29, 0.717) is 11.1 Å². The first-order chi connectivity index (χ1) is 13.1. The predicted molar refractivity (Wildman–Crippen MR) is 97.5 cm³/mol. The fourth-order valence-electron chi connectivity index (χ4n) is 3.35. The van der Waals surface area contributed by atoms with Gasteiger partial charge in [-0.25, -0.2) is 5.48 Å². The average Bonchev–Trinajstić information content (AvgIpc) is 3.11. The molecule has 0 saturated heterocycles. The highest BCUT2D eigenvalue weighted by molar-refractivity contribution is 5.85. The molecule has 0 aromatic heterocycles. The number of rotatable bonds is 6. The molecule has 0 saturated carbocycles. The Morgan fingerprint density at radius 1 is 1.22 bits per heavy atom. The number of hydrogen-bond acceptors (Lipinski definition) is 5. The summed E-state index contributed by atoms with van der Waals surface area (Å²) in [5.41, 5.74) is 4.85. The van der Waals surface area contributed by atoms with Crippen LogP contribution in [0.4, 0.5) is 0 Å². The van der Waals surface area contributed by atoms with E-state index >= 15 is 0 Å². The molecule has 0 aliphatic heterocycles. The van der Waals surface area contributed by atoms with Crippen molar-refractivity contribution in [1.29, 1.82) is 5.26 Å². The van der Waals surface area contributed by atoms with Crippen LogP contribution in [0.3, 0.4) is 0 Å². The molecular formula is C20H20N4O3. The molecule has 1 aliphatic carbocycles. The van der Waals surface area contributed by atoms with Gasteiger partial charge in [0, 0.05) is 0 Å². The molecule has 7 heteroatoms. The zero-order valence-electron chi connectivity index (χ0n) is 14.6. The van der Waals surface area contributed by atoms with E-state index < -0.39 is 11.9 Å². The van der Waals surface area contributed by atoms with Crippen molar-refractivity contribution in [3.8, 4) is 6.07 Å². The lowest BCUT2D eigenvalue weighted by Crippen LogP contribution is -2.42. The van der Waals surface area contributed by atoms with E-state index in [1.165, 1.54) is 11.0 Å². The minimum absolute atomic E-state index is 0.0937. The highest BCUT2D eigenvalue weighted by Gasteiger charge is 2.28. The van der Waals surface area contributed by atoms with E-state index in [1.807, 2.05) is 24.3 Å². The van der Waals surface area contributed by atoms with Gasteiger partial charge in [-0.3, -0.25) is 20.1 Å². The summed E-state index contributed by atoms with van der Waals surface area (Å²) in [4.78, 5) is 24.4. The van der Waals surface area contributed by atoms with Gasteiger partial charge in [0.1, 0.15) is 6.04 Å². The topological polar surface area (TPSA) is 114 Å². The molecule has 2 atom stereocenters. The molecule has 4 N–H and O–H groups in total. The summed E-state index contributed by atoms with van der Waals surface area (Å²) in [5, 5.41) is 23.7. The molecule has 0 heterocycles. The third-order valence-corrected chi connectivity index (χ3v) is 4.65. The minimum atomic E-state index is -0.830. The monoisotopic (exact) mass is 364 g/mol. The van der Waals surface area contributed by atoms with Crippen LogP contribution in [-0.2, 0) is 16.0 Å². The van der Waals surface area contributed by atoms with Crippen LogP contribution < -0.4 is 16.1 Å². The maximum absolute atomic E-state index is 13.0. The average molecular weight is 364 g/mol. The third-order valence-electron chi connectivity index (χ3n) is 4.65. The molecule has 0 radical (unpaired) electrons. The number of nitriles is 1. The number of amides is 2. The molecular weight excluding hydrogens is 344 g/mol. The van der Waals surface area contributed by atoms with Crippen LogP contribution in [0.2, 0.25) is 0 Å². The molecule has 2 aromatic carbocycles. The number of carbonyl (C=O) groups excluding carboxylic acids is 2. The molecule has 7 nitrogen and oxygen atoms in total. The standard InChI is InChI=1S/C20H20N4O3/c21-11-13-4-3-6-15(10-13)19(22-12-18(25)24-27)20(26)23-17-9-8-14-5-1-2-7-16(14)17/h1-7,10,17,19,22,27H,8-9,12H2,(H,23,26)(H,24,25). The second kappa shape index (κ2) is 8.45. The smallest absolute Gasteiger partial charge is 0.257 e. The van der Waals surface area contributed by atoms with E-state index in [2.05, 4.69) is 16.7 Å². The molecule has 27 heavy (non-hydrogen) atoms. The SMILES string of the molecule is N#Cc1cccc(C(NCC(=O)NO)C(=O)NC2CCc3ccccc32)c1. The van der Waals surface area contributed by atoms with Crippen molar-refractivity contribution >= 4 is 11.8 Å². The molecule has 0 bridgehead atoms. The zero-order chi connectivity index (χ0) is 19.2. The van der Waals surface area contributed by atoms with Crippen LogP contribution >= 0.6 is 0 Å². The molecule has 2 unspecified atom stereocenters. The lowest BCUT2D eigenvalue weighted by atomic mass is 10.0. The second-order valence-electron chi connectivity index (χ2n) is 6.38. The number of hydroxylamine groups is 1. The van der Waals surface area contributed by atoms with Gasteiger partial charge in [0.15, 0.2) is 0 Å². The number of benzene rings is 2. The van der Waals surface area contributed by atoms with Crippen LogP contribution in [0.25, 0.3) is 0 Å². The first-order valence-electron chi connectivity index (χ1n) is 8.67. The largest absolute Gasteiger partial charge is 0.348 e. The Morgan fingerprint density at radius 2 is 2.04 bits per heavy atom. The number of carbonyl (C=O) groups is 2. The summed E-state index contributed by atoms with van der Waals surface area (Å²) in [5.74, 6) is -0.951. The second-order valence-corrected chi connectivity index (χ2v) is 6.38. The molecule has 2 aromatic rings. The molecule has 2 amide bonds. The van der Waals surface area contributed by atoms with Gasteiger partial charge in [-0.05, 0) is 41.7 Å². The van der Waals surface area contributed by atoms with Crippen LogP contribution in [-0.4, -0.2) is 23.6 Å². The lowest BCUT2D eigenvalue weighted by Gasteiger charge is -2.22. The summed E-state index contributed by atoms with van der Waals surface area (Å²) in [7, 11) is 0. The summed E-state index contributed by atoms with van der Waals surface area (Å²) in [6.07, 6.45) is 1.71. The molecule has 0 spiro atoms. The van der Waals surface area contributed by atoms with Crippen molar-refractivity contribution in [2.75, 3.05) is 6.54 Å². The van der Waals surface area contributed by atoms with Crippen LogP contribution in [0.15, 0.2) is 48.5 Å². The van der Waals surface area contributed by atoms with Crippen molar-refractivity contribution in [3.63, 3.8) is 0 Å². The van der Waals surface area contributed by atoms with E-state index in [-0.39, 0.29) is 18.5 Å². The molecule has 1 aliphatic rings. The van der Waals surface area contributed by atoms with Crippen LogP contribution in [0.1, 0.15) is 40.8 Å². The van der Waals surface area contributed by atoms with Gasteiger partial charge in [0.05, 0.1) is 24.2 Å². The fraction of sp³-hybridized carbons (Fsp3) is 0.250. The van der Waals surface area contributed by atoms with Crippen molar-refractivity contribution in [3.05, 3.63) is 70.8 Å². The van der Waals surface area contributed by atoms with E-state index in [9.17, 15) is 9.59 Å². The Bertz CT molecular complexity index is 891. The van der Waals surface area contributed by atoms with Gasteiger partial charge >= 0.3 is 0 Å². The van der Waals surface area contributed by atoms with Crippen molar-refractivity contribution < 1.29 is 14.8 Å². The van der Waals surface area contributed by atoms with E-state index in [0.717, 1.165) is 18.4 Å². The Morgan fingerprint density at radius 3 is 2.81 bits per heavy atom. The van der Waals surface area contributed by atoms with Crippen LogP contribution in [0.5, 0.6) is 0 Å². The Hall–Kier alpha value is -3.21. The van der Waals surface area contributed by atoms with E-state index in [4.69, 9.17) is 10.5 Å². The number of hydrogen-bond donors (Lipinski definition) is 4. The molecule has 0 fully saturated rings. The zero-order valence-corrected chi connectivity index (χ0v) is 14.6. The first-order valence-corrected chi connectivity index (χ1v) is 8.67. The quantitative estimate of drug-likeness (QED) is 0.458. The maximum Gasteiger partial charge on any atom is 0.257 e. The van der Waals surface area contributed by atoms with Crippen molar-refractivity contribution in [2.24, 2.45) is 0 Å². The summed E-state index contributed by atoms with van der Waals surface area (Å²) in [6, 6.07) is 15.8. The first kappa shape index (κ1) is 18.6. The molecule has 3 rings (SSSR count). The summed E-state index contributed by atoms with van der Waals surface area (Å²) < 4.78 is 0.